The van der Waals surface area contributed by atoms with Gasteiger partial charge in [0.2, 0.25) is 5.76 Å². The van der Waals surface area contributed by atoms with Crippen LogP contribution in [0, 0.1) is 0 Å². The van der Waals surface area contributed by atoms with Crippen LogP contribution >= 0.6 is 0 Å². The maximum atomic E-state index is 12.3. The van der Waals surface area contributed by atoms with Crippen molar-refractivity contribution in [2.24, 2.45) is 0 Å². The van der Waals surface area contributed by atoms with Gasteiger partial charge < -0.3 is 13.7 Å². The summed E-state index contributed by atoms with van der Waals surface area (Å²) in [6.07, 6.45) is 1.51. The molecule has 9 heteroatoms. The summed E-state index contributed by atoms with van der Waals surface area (Å²) in [5.41, 5.74) is 0.478. The molecule has 1 aromatic carbocycles. The van der Waals surface area contributed by atoms with Crippen LogP contribution in [-0.2, 0) is 22.7 Å². The van der Waals surface area contributed by atoms with Gasteiger partial charge in [-0.15, -0.1) is 5.10 Å². The number of hydrogen-bond donors (Lipinski definition) is 0. The number of furan rings is 1. The largest absolute Gasteiger partial charge is 0.461 e. The average Bonchev–Trinajstić information content (AvgIpc) is 3.34. The SMILES string of the molecule is O=C(Cn1nnc2ccccc2c1=O)OCc1cc(-c2ccco2)on1. The molecule has 0 spiro atoms. The molecule has 0 bridgehead atoms. The Balaban J connectivity index is 1.42. The van der Waals surface area contributed by atoms with E-state index >= 15 is 0 Å². The molecule has 26 heavy (non-hydrogen) atoms. The first-order valence-electron chi connectivity index (χ1n) is 7.68. The maximum Gasteiger partial charge on any atom is 0.328 e. The molecule has 0 aliphatic carbocycles. The highest BCUT2D eigenvalue weighted by Crippen LogP contribution is 2.20. The topological polar surface area (TPSA) is 113 Å². The Bertz CT molecular complexity index is 1110. The molecule has 3 aromatic heterocycles. The van der Waals surface area contributed by atoms with Crippen LogP contribution in [0.4, 0.5) is 0 Å². The molecule has 0 saturated carbocycles. The second-order valence-corrected chi connectivity index (χ2v) is 5.39. The molecule has 0 N–H and O–H groups in total. The van der Waals surface area contributed by atoms with Gasteiger partial charge in [-0.1, -0.05) is 22.5 Å². The van der Waals surface area contributed by atoms with Crippen molar-refractivity contribution < 1.29 is 18.5 Å². The van der Waals surface area contributed by atoms with Gasteiger partial charge >= 0.3 is 5.97 Å². The van der Waals surface area contributed by atoms with Crippen LogP contribution in [0.5, 0.6) is 0 Å². The van der Waals surface area contributed by atoms with E-state index in [2.05, 4.69) is 15.5 Å². The van der Waals surface area contributed by atoms with Gasteiger partial charge in [0.05, 0.1) is 11.6 Å². The minimum absolute atomic E-state index is 0.0984. The van der Waals surface area contributed by atoms with E-state index in [1.165, 1.54) is 6.26 Å². The molecule has 0 radical (unpaired) electrons. The number of nitrogens with zero attached hydrogens (tertiary/aromatic N) is 4. The molecule has 130 valence electrons. The molecule has 0 aliphatic heterocycles. The normalized spacial score (nSPS) is 10.9. The molecular formula is C17H12N4O5. The molecule has 9 nitrogen and oxygen atoms in total. The fourth-order valence-corrected chi connectivity index (χ4v) is 2.36. The van der Waals surface area contributed by atoms with Gasteiger partial charge in [-0.3, -0.25) is 9.59 Å². The first-order chi connectivity index (χ1) is 12.7. The fraction of sp³-hybridized carbons (Fsp3) is 0.118. The van der Waals surface area contributed by atoms with Crippen molar-refractivity contribution in [1.82, 2.24) is 20.2 Å². The number of carbonyl (C=O) groups excluding carboxylic acids is 1. The summed E-state index contributed by atoms with van der Waals surface area (Å²) in [6, 6.07) is 11.8. The van der Waals surface area contributed by atoms with Crippen LogP contribution in [0.1, 0.15) is 5.69 Å². The molecule has 0 unspecified atom stereocenters. The summed E-state index contributed by atoms with van der Waals surface area (Å²) in [7, 11) is 0. The molecule has 0 atom stereocenters. The minimum atomic E-state index is -0.640. The van der Waals surface area contributed by atoms with Gasteiger partial charge in [-0.25, -0.2) is 0 Å². The summed E-state index contributed by atoms with van der Waals surface area (Å²) >= 11 is 0. The lowest BCUT2D eigenvalue weighted by Gasteiger charge is -2.04. The van der Waals surface area contributed by atoms with Crippen molar-refractivity contribution >= 4 is 16.9 Å². The Labute approximate surface area is 145 Å². The number of benzene rings is 1. The zero-order valence-corrected chi connectivity index (χ0v) is 13.4. The molecule has 4 rings (SSSR count). The lowest BCUT2D eigenvalue weighted by atomic mass is 10.2. The maximum absolute atomic E-state index is 12.3. The number of fused-ring (bicyclic) bond motifs is 1. The third-order valence-corrected chi connectivity index (χ3v) is 3.61. The third kappa shape index (κ3) is 3.09. The Hall–Kier alpha value is -3.75. The second kappa shape index (κ2) is 6.63. The van der Waals surface area contributed by atoms with Crippen molar-refractivity contribution in [2.45, 2.75) is 13.2 Å². The van der Waals surface area contributed by atoms with E-state index in [4.69, 9.17) is 13.7 Å². The van der Waals surface area contributed by atoms with Crippen LogP contribution in [0.3, 0.4) is 0 Å². The fourth-order valence-electron chi connectivity index (χ4n) is 2.36. The van der Waals surface area contributed by atoms with E-state index in [0.29, 0.717) is 28.1 Å². The second-order valence-electron chi connectivity index (χ2n) is 5.39. The predicted octanol–water partition coefficient (Wildman–Crippen LogP) is 1.78. The summed E-state index contributed by atoms with van der Waals surface area (Å²) in [5.74, 6) is 0.310. The number of ether oxygens (including phenoxy) is 1. The van der Waals surface area contributed by atoms with Gasteiger partial charge in [0.25, 0.3) is 5.56 Å². The molecule has 4 aromatic rings. The van der Waals surface area contributed by atoms with Crippen molar-refractivity contribution in [2.75, 3.05) is 0 Å². The monoisotopic (exact) mass is 352 g/mol. The van der Waals surface area contributed by atoms with Crippen molar-refractivity contribution in [1.29, 1.82) is 0 Å². The van der Waals surface area contributed by atoms with Crippen molar-refractivity contribution in [3.05, 3.63) is 64.8 Å². The van der Waals surface area contributed by atoms with Crippen molar-refractivity contribution in [3.63, 3.8) is 0 Å². The Morgan fingerprint density at radius 1 is 1.15 bits per heavy atom. The van der Waals surface area contributed by atoms with Crippen LogP contribution in [-0.4, -0.2) is 26.1 Å². The van der Waals surface area contributed by atoms with E-state index in [9.17, 15) is 9.59 Å². The first kappa shape index (κ1) is 15.8. The number of hydrogen-bond acceptors (Lipinski definition) is 8. The van der Waals surface area contributed by atoms with Gasteiger partial charge in [0, 0.05) is 6.07 Å². The highest BCUT2D eigenvalue weighted by Gasteiger charge is 2.13. The smallest absolute Gasteiger partial charge is 0.328 e. The van der Waals surface area contributed by atoms with Crippen LogP contribution in [0.25, 0.3) is 22.4 Å². The Morgan fingerprint density at radius 3 is 2.88 bits per heavy atom. The predicted molar refractivity (Wildman–Crippen MR) is 87.8 cm³/mol. The van der Waals surface area contributed by atoms with Crippen LogP contribution < -0.4 is 5.56 Å². The third-order valence-electron chi connectivity index (χ3n) is 3.61. The van der Waals surface area contributed by atoms with Gasteiger partial charge in [0.1, 0.15) is 24.4 Å². The van der Waals surface area contributed by atoms with Gasteiger partial charge in [-0.2, -0.15) is 4.68 Å². The average molecular weight is 352 g/mol. The molecule has 0 saturated heterocycles. The van der Waals surface area contributed by atoms with E-state index in [0.717, 1.165) is 4.68 Å². The van der Waals surface area contributed by atoms with E-state index < -0.39 is 11.5 Å². The quantitative estimate of drug-likeness (QED) is 0.499. The summed E-state index contributed by atoms with van der Waals surface area (Å²) in [6.45, 7) is -0.446. The summed E-state index contributed by atoms with van der Waals surface area (Å²) < 4.78 is 16.4. The van der Waals surface area contributed by atoms with E-state index in [-0.39, 0.29) is 13.2 Å². The van der Waals surface area contributed by atoms with E-state index in [1.807, 2.05) is 0 Å². The molecule has 0 aliphatic rings. The highest BCUT2D eigenvalue weighted by molar-refractivity contribution is 5.77. The zero-order valence-electron chi connectivity index (χ0n) is 13.4. The highest BCUT2D eigenvalue weighted by atomic mass is 16.5. The number of aromatic nitrogens is 4. The standard InChI is InChI=1S/C17H12N4O5/c22-16(9-21-17(23)12-4-1-2-5-13(12)18-20-21)25-10-11-8-15(26-19-11)14-6-3-7-24-14/h1-8H,9-10H2. The van der Waals surface area contributed by atoms with Crippen molar-refractivity contribution in [3.8, 4) is 11.5 Å². The Morgan fingerprint density at radius 2 is 2.04 bits per heavy atom. The summed E-state index contributed by atoms with van der Waals surface area (Å²) in [4.78, 5) is 24.3. The molecular weight excluding hydrogens is 340 g/mol. The Kier molecular flexibility index (Phi) is 4.02. The number of esters is 1. The van der Waals surface area contributed by atoms with E-state index in [1.54, 1.807) is 42.5 Å². The van der Waals surface area contributed by atoms with Gasteiger partial charge in [0.15, 0.2) is 5.76 Å². The minimum Gasteiger partial charge on any atom is -0.461 e. The van der Waals surface area contributed by atoms with Gasteiger partial charge in [-0.05, 0) is 24.3 Å². The zero-order chi connectivity index (χ0) is 17.9. The van der Waals surface area contributed by atoms with Crippen LogP contribution in [0.15, 0.2) is 62.5 Å². The lowest BCUT2D eigenvalue weighted by Crippen LogP contribution is -2.28. The lowest BCUT2D eigenvalue weighted by molar-refractivity contribution is -0.146. The number of carbonyl (C=O) groups is 1. The molecule has 0 amide bonds. The van der Waals surface area contributed by atoms with Crippen LogP contribution in [0.2, 0.25) is 0 Å². The molecule has 3 heterocycles. The summed E-state index contributed by atoms with van der Waals surface area (Å²) in [5, 5.41) is 11.8. The first-order valence-corrected chi connectivity index (χ1v) is 7.68. The number of rotatable bonds is 5. The molecule has 0 fully saturated rings.